The van der Waals surface area contributed by atoms with Gasteiger partial charge in [-0.15, -0.1) is 10.2 Å². The molecule has 42 heavy (non-hydrogen) atoms. The van der Waals surface area contributed by atoms with Gasteiger partial charge in [-0.1, -0.05) is 53.7 Å². The topological polar surface area (TPSA) is 148 Å². The van der Waals surface area contributed by atoms with Crippen LogP contribution < -0.4 is 5.32 Å². The number of hydrogen-bond acceptors (Lipinski definition) is 11. The van der Waals surface area contributed by atoms with Crippen LogP contribution in [0.15, 0.2) is 59.8 Å². The van der Waals surface area contributed by atoms with E-state index < -0.39 is 53.6 Å². The van der Waals surface area contributed by atoms with Crippen LogP contribution in [-0.2, 0) is 38.1 Å². The molecular formula is C28H29ClN4O8S. The smallest absolute Gasteiger partial charge is 0.303 e. The number of para-hydroxylation sites is 1. The molecule has 2 aromatic carbocycles. The molecule has 1 saturated heterocycles. The van der Waals surface area contributed by atoms with Crippen molar-refractivity contribution in [3.63, 3.8) is 0 Å². The van der Waals surface area contributed by atoms with Gasteiger partial charge < -0.3 is 24.3 Å². The lowest BCUT2D eigenvalue weighted by atomic mass is 9.97. The largest absolute Gasteiger partial charge is 0.463 e. The minimum atomic E-state index is -1.20. The summed E-state index contributed by atoms with van der Waals surface area (Å²) in [5.74, 6) is -1.96. The summed E-state index contributed by atoms with van der Waals surface area (Å²) in [4.78, 5) is 48.2. The number of rotatable bonds is 9. The van der Waals surface area contributed by atoms with Crippen molar-refractivity contribution in [1.29, 1.82) is 0 Å². The summed E-state index contributed by atoms with van der Waals surface area (Å²) in [6.45, 7) is 4.57. The van der Waals surface area contributed by atoms with Crippen LogP contribution in [0.5, 0.6) is 0 Å². The molecule has 4 rings (SSSR count). The zero-order chi connectivity index (χ0) is 30.4. The van der Waals surface area contributed by atoms with Crippen LogP contribution in [-0.4, -0.2) is 75.0 Å². The summed E-state index contributed by atoms with van der Waals surface area (Å²) in [5.41, 5.74) is 0.375. The van der Waals surface area contributed by atoms with Crippen LogP contribution in [0.1, 0.15) is 27.7 Å². The third kappa shape index (κ3) is 7.46. The molecule has 1 fully saturated rings. The second kappa shape index (κ2) is 13.8. The SMILES string of the molecule is CC(=O)N[C@H]1[C@@H](OC(C)=O)[C@H](OC(C)=O)[C@@H](COC(C)=O)O[C@H]1Sc1nnc(-c2ccccc2Cl)n1-c1ccccc1. The van der Waals surface area contributed by atoms with E-state index in [1.807, 2.05) is 42.5 Å². The Morgan fingerprint density at radius 1 is 0.905 bits per heavy atom. The maximum atomic E-state index is 12.3. The van der Waals surface area contributed by atoms with E-state index in [0.717, 1.165) is 17.4 Å². The average Bonchev–Trinajstić information content (AvgIpc) is 3.34. The predicted molar refractivity (Wildman–Crippen MR) is 152 cm³/mol. The first-order chi connectivity index (χ1) is 20.0. The van der Waals surface area contributed by atoms with E-state index >= 15 is 0 Å². The Morgan fingerprint density at radius 3 is 2.17 bits per heavy atom. The summed E-state index contributed by atoms with van der Waals surface area (Å²) >= 11 is 7.60. The fourth-order valence-electron chi connectivity index (χ4n) is 4.47. The molecule has 0 unspecified atom stereocenters. The lowest BCUT2D eigenvalue weighted by Crippen LogP contribution is -2.65. The van der Waals surface area contributed by atoms with Gasteiger partial charge in [0, 0.05) is 38.9 Å². The quantitative estimate of drug-likeness (QED) is 0.279. The number of nitrogens with zero attached hydrogens (tertiary/aromatic N) is 3. The first-order valence-corrected chi connectivity index (χ1v) is 14.1. The summed E-state index contributed by atoms with van der Waals surface area (Å²) in [5, 5.41) is 12.4. The second-order valence-electron chi connectivity index (χ2n) is 9.29. The minimum absolute atomic E-state index is 0.314. The highest BCUT2D eigenvalue weighted by Gasteiger charge is 2.51. The van der Waals surface area contributed by atoms with Gasteiger partial charge in [0.15, 0.2) is 23.2 Å². The number of thioether (sulfide) groups is 1. The number of aromatic nitrogens is 3. The van der Waals surface area contributed by atoms with Gasteiger partial charge in [0.1, 0.15) is 24.2 Å². The summed E-state index contributed by atoms with van der Waals surface area (Å²) in [7, 11) is 0. The predicted octanol–water partition coefficient (Wildman–Crippen LogP) is 3.34. The van der Waals surface area contributed by atoms with Crippen molar-refractivity contribution in [3.05, 3.63) is 59.6 Å². The number of hydrogen-bond donors (Lipinski definition) is 1. The molecule has 1 amide bonds. The van der Waals surface area contributed by atoms with Gasteiger partial charge in [0.05, 0.1) is 5.02 Å². The van der Waals surface area contributed by atoms with Crippen molar-refractivity contribution in [2.24, 2.45) is 0 Å². The van der Waals surface area contributed by atoms with Gasteiger partial charge >= 0.3 is 17.9 Å². The van der Waals surface area contributed by atoms with Crippen molar-refractivity contribution >= 4 is 47.2 Å². The van der Waals surface area contributed by atoms with E-state index in [4.69, 9.17) is 30.5 Å². The monoisotopic (exact) mass is 616 g/mol. The zero-order valence-corrected chi connectivity index (χ0v) is 24.8. The maximum absolute atomic E-state index is 12.3. The highest BCUT2D eigenvalue weighted by Crippen LogP contribution is 2.38. The maximum Gasteiger partial charge on any atom is 0.303 e. The van der Waals surface area contributed by atoms with Gasteiger partial charge in [0.25, 0.3) is 0 Å². The number of benzene rings is 2. The molecular weight excluding hydrogens is 588 g/mol. The van der Waals surface area contributed by atoms with E-state index in [1.54, 1.807) is 16.7 Å². The molecule has 0 bridgehead atoms. The Bertz CT molecular complexity index is 1450. The normalized spacial score (nSPS) is 21.7. The second-order valence-corrected chi connectivity index (χ2v) is 10.8. The highest BCUT2D eigenvalue weighted by molar-refractivity contribution is 7.99. The standard InChI is InChI=1S/C28H29ClN4O8S/c1-15(34)30-23-25(40-18(4)37)24(39-17(3)36)22(14-38-16(2)35)41-27(23)42-28-32-31-26(20-12-8-9-13-21(20)29)33(28)19-10-6-5-7-11-19/h5-13,22-25,27H,14H2,1-4H3,(H,30,34)/t22-,23+,24-,25-,27+/m1/s1. The molecule has 1 aliphatic rings. The number of carbonyl (C=O) groups is 4. The Labute approximate surface area is 251 Å². The molecule has 5 atom stereocenters. The third-order valence-electron chi connectivity index (χ3n) is 6.06. The van der Waals surface area contributed by atoms with Crippen LogP contribution in [0.2, 0.25) is 5.02 Å². The molecule has 2 heterocycles. The number of nitrogens with one attached hydrogen (secondary N) is 1. The highest BCUT2D eigenvalue weighted by atomic mass is 35.5. The van der Waals surface area contributed by atoms with E-state index in [9.17, 15) is 19.2 Å². The Kier molecular flexibility index (Phi) is 10.2. The van der Waals surface area contributed by atoms with E-state index in [2.05, 4.69) is 15.5 Å². The summed E-state index contributed by atoms with van der Waals surface area (Å²) < 4.78 is 24.4. The molecule has 0 saturated carbocycles. The fraction of sp³-hybridized carbons (Fsp3) is 0.357. The lowest BCUT2D eigenvalue weighted by molar-refractivity contribution is -0.211. The Morgan fingerprint density at radius 2 is 1.55 bits per heavy atom. The Hall–Kier alpha value is -3.94. The van der Waals surface area contributed by atoms with E-state index in [-0.39, 0.29) is 6.61 Å². The van der Waals surface area contributed by atoms with Crippen molar-refractivity contribution < 1.29 is 38.1 Å². The molecule has 0 radical (unpaired) electrons. The molecule has 14 heteroatoms. The fourth-order valence-corrected chi connectivity index (χ4v) is 5.85. The van der Waals surface area contributed by atoms with Crippen LogP contribution >= 0.6 is 23.4 Å². The van der Waals surface area contributed by atoms with Gasteiger partial charge in [-0.2, -0.15) is 0 Å². The first-order valence-electron chi connectivity index (χ1n) is 12.9. The van der Waals surface area contributed by atoms with Crippen molar-refractivity contribution in [2.75, 3.05) is 6.61 Å². The van der Waals surface area contributed by atoms with Crippen molar-refractivity contribution in [3.8, 4) is 17.1 Å². The lowest BCUT2D eigenvalue weighted by Gasteiger charge is -2.44. The minimum Gasteiger partial charge on any atom is -0.463 e. The summed E-state index contributed by atoms with van der Waals surface area (Å²) in [6.07, 6.45) is -3.45. The number of ether oxygens (including phenoxy) is 4. The third-order valence-corrected chi connectivity index (χ3v) is 7.50. The molecule has 1 aromatic heterocycles. The molecule has 222 valence electrons. The van der Waals surface area contributed by atoms with Crippen LogP contribution in [0.3, 0.4) is 0 Å². The Balaban J connectivity index is 1.81. The first kappa shape index (κ1) is 31.0. The van der Waals surface area contributed by atoms with Crippen LogP contribution in [0.4, 0.5) is 0 Å². The molecule has 3 aromatic rings. The van der Waals surface area contributed by atoms with Crippen molar-refractivity contribution in [2.45, 2.75) is 62.6 Å². The molecule has 0 spiro atoms. The number of carbonyl (C=O) groups excluding carboxylic acids is 4. The van der Waals surface area contributed by atoms with Gasteiger partial charge in [0.2, 0.25) is 5.91 Å². The van der Waals surface area contributed by atoms with Crippen molar-refractivity contribution in [1.82, 2.24) is 20.1 Å². The van der Waals surface area contributed by atoms with E-state index in [0.29, 0.717) is 21.6 Å². The van der Waals surface area contributed by atoms with Gasteiger partial charge in [-0.05, 0) is 24.3 Å². The molecule has 12 nitrogen and oxygen atoms in total. The molecule has 0 aliphatic carbocycles. The van der Waals surface area contributed by atoms with Gasteiger partial charge in [-0.25, -0.2) is 0 Å². The molecule has 1 N–H and O–H groups in total. The number of halogens is 1. The number of amides is 1. The van der Waals surface area contributed by atoms with E-state index in [1.165, 1.54) is 27.7 Å². The van der Waals surface area contributed by atoms with Gasteiger partial charge in [-0.3, -0.25) is 23.7 Å². The molecule has 1 aliphatic heterocycles. The zero-order valence-electron chi connectivity index (χ0n) is 23.2. The van der Waals surface area contributed by atoms with Crippen LogP contribution in [0, 0.1) is 0 Å². The van der Waals surface area contributed by atoms with Crippen LogP contribution in [0.25, 0.3) is 17.1 Å². The summed E-state index contributed by atoms with van der Waals surface area (Å²) in [6, 6.07) is 15.5. The average molecular weight is 617 g/mol. The number of esters is 3.